The number of amides is 1. The molecule has 0 radical (unpaired) electrons. The van der Waals surface area contributed by atoms with Gasteiger partial charge < -0.3 is 15.1 Å². The molecule has 4 heterocycles. The summed E-state index contributed by atoms with van der Waals surface area (Å²) in [7, 11) is 0. The van der Waals surface area contributed by atoms with E-state index < -0.39 is 0 Å². The maximum Gasteiger partial charge on any atom is 0.270 e. The zero-order valence-electron chi connectivity index (χ0n) is 11.2. The minimum Gasteiger partial charge on any atom is -0.463 e. The van der Waals surface area contributed by atoms with Crippen LogP contribution >= 0.6 is 24.8 Å². The van der Waals surface area contributed by atoms with Gasteiger partial charge in [-0.1, -0.05) is 0 Å². The number of halogens is 2. The van der Waals surface area contributed by atoms with Crippen LogP contribution in [0.3, 0.4) is 0 Å². The summed E-state index contributed by atoms with van der Waals surface area (Å²) in [6.07, 6.45) is 6.63. The van der Waals surface area contributed by atoms with Gasteiger partial charge in [-0.05, 0) is 31.4 Å². The van der Waals surface area contributed by atoms with Crippen LogP contribution in [0.5, 0.6) is 0 Å². The van der Waals surface area contributed by atoms with Gasteiger partial charge in [0.05, 0.1) is 12.5 Å². The number of rotatable bonds is 2. The normalized spacial score (nSPS) is 26.2. The lowest BCUT2D eigenvalue weighted by Gasteiger charge is -2.21. The fourth-order valence-electron chi connectivity index (χ4n) is 3.22. The molecule has 3 atom stereocenters. The maximum absolute atomic E-state index is 12.2. The van der Waals surface area contributed by atoms with Gasteiger partial charge in [0, 0.05) is 23.5 Å². The summed E-state index contributed by atoms with van der Waals surface area (Å²) in [5, 5.41) is 7.51. The summed E-state index contributed by atoms with van der Waals surface area (Å²) in [6.45, 7) is 0. The number of carbonyl (C=O) groups is 1. The fourth-order valence-corrected chi connectivity index (χ4v) is 3.22. The molecule has 2 aliphatic heterocycles. The first-order valence-corrected chi connectivity index (χ1v) is 6.70. The molecular weight excluding hydrogens is 313 g/mol. The van der Waals surface area contributed by atoms with Crippen molar-refractivity contribution in [2.24, 2.45) is 0 Å². The lowest BCUT2D eigenvalue weighted by molar-refractivity contribution is 0.0926. The third kappa shape index (κ3) is 2.86. The van der Waals surface area contributed by atoms with Gasteiger partial charge in [-0.15, -0.1) is 24.8 Å². The Morgan fingerprint density at radius 1 is 1.38 bits per heavy atom. The summed E-state index contributed by atoms with van der Waals surface area (Å²) in [6, 6.07) is 4.88. The molecule has 4 rings (SSSR count). The Hall–Kier alpha value is -1.30. The first kappa shape index (κ1) is 16.1. The molecule has 2 aromatic rings. The summed E-state index contributed by atoms with van der Waals surface area (Å²) in [5.74, 6) is -0.0950. The standard InChI is InChI=1S/C14H15N3O2.2ClH/c18-14(17-11-6-9-1-2-10(11)16-9)12-5-8-3-4-19-13(8)7-15-12;;/h3-5,7,9-11,16H,1-2,6H2,(H,17,18);2*1H/t9?,10?,11-;;/m1../s1. The second-order valence-corrected chi connectivity index (χ2v) is 5.39. The molecule has 2 aromatic heterocycles. The molecule has 2 N–H and O–H groups in total. The van der Waals surface area contributed by atoms with Crippen molar-refractivity contribution < 1.29 is 9.21 Å². The van der Waals surface area contributed by atoms with Gasteiger partial charge in [0.2, 0.25) is 0 Å². The van der Waals surface area contributed by atoms with E-state index in [0.29, 0.717) is 23.4 Å². The van der Waals surface area contributed by atoms with E-state index in [-0.39, 0.29) is 36.8 Å². The van der Waals surface area contributed by atoms with Crippen molar-refractivity contribution in [3.05, 3.63) is 30.3 Å². The van der Waals surface area contributed by atoms with Crippen LogP contribution < -0.4 is 10.6 Å². The number of nitrogens with one attached hydrogen (secondary N) is 2. The van der Waals surface area contributed by atoms with Crippen molar-refractivity contribution in [3.8, 4) is 0 Å². The van der Waals surface area contributed by atoms with E-state index in [1.165, 1.54) is 6.42 Å². The highest BCUT2D eigenvalue weighted by atomic mass is 35.5. The Kier molecular flexibility index (Phi) is 4.76. The SMILES string of the molecule is Cl.Cl.O=C(N[C@@H]1CC2CCC1N2)c1cc2ccoc2cn1. The van der Waals surface area contributed by atoms with Crippen molar-refractivity contribution in [1.29, 1.82) is 0 Å². The topological polar surface area (TPSA) is 67.2 Å². The van der Waals surface area contributed by atoms with Gasteiger partial charge in [-0.2, -0.15) is 0 Å². The van der Waals surface area contributed by atoms with Gasteiger partial charge in [-0.3, -0.25) is 4.79 Å². The number of furan rings is 1. The summed E-state index contributed by atoms with van der Waals surface area (Å²) < 4.78 is 5.22. The molecule has 21 heavy (non-hydrogen) atoms. The Labute approximate surface area is 134 Å². The average Bonchev–Trinajstić information content (AvgIpc) is 3.13. The van der Waals surface area contributed by atoms with Crippen LogP contribution in [0.25, 0.3) is 11.0 Å². The number of aromatic nitrogens is 1. The number of hydrogen-bond acceptors (Lipinski definition) is 4. The molecule has 2 unspecified atom stereocenters. The number of nitrogens with zero attached hydrogens (tertiary/aromatic N) is 1. The predicted octanol–water partition coefficient (Wildman–Crippen LogP) is 2.29. The molecule has 1 amide bonds. The van der Waals surface area contributed by atoms with Gasteiger partial charge >= 0.3 is 0 Å². The van der Waals surface area contributed by atoms with Gasteiger partial charge in [0.25, 0.3) is 5.91 Å². The van der Waals surface area contributed by atoms with Gasteiger partial charge in [-0.25, -0.2) is 4.98 Å². The van der Waals surface area contributed by atoms with Gasteiger partial charge in [0.1, 0.15) is 5.69 Å². The Morgan fingerprint density at radius 3 is 2.95 bits per heavy atom. The van der Waals surface area contributed by atoms with Crippen LogP contribution in [-0.4, -0.2) is 29.0 Å². The van der Waals surface area contributed by atoms with Crippen molar-refractivity contribution in [2.75, 3.05) is 0 Å². The highest BCUT2D eigenvalue weighted by Gasteiger charge is 2.39. The first-order valence-electron chi connectivity index (χ1n) is 6.70. The largest absolute Gasteiger partial charge is 0.463 e. The zero-order chi connectivity index (χ0) is 12.8. The predicted molar refractivity (Wildman–Crippen MR) is 84.3 cm³/mol. The lowest BCUT2D eigenvalue weighted by atomic mass is 9.95. The van der Waals surface area contributed by atoms with E-state index in [9.17, 15) is 4.79 Å². The first-order chi connectivity index (χ1) is 9.29. The molecule has 114 valence electrons. The second kappa shape index (κ2) is 6.22. The number of carbonyl (C=O) groups excluding carboxylic acids is 1. The molecule has 2 fully saturated rings. The summed E-state index contributed by atoms with van der Waals surface area (Å²) >= 11 is 0. The Morgan fingerprint density at radius 2 is 2.24 bits per heavy atom. The number of pyridine rings is 1. The minimum absolute atomic E-state index is 0. The maximum atomic E-state index is 12.2. The van der Waals surface area contributed by atoms with Gasteiger partial charge in [0.15, 0.2) is 5.58 Å². The van der Waals surface area contributed by atoms with Crippen LogP contribution in [0.1, 0.15) is 29.8 Å². The smallest absolute Gasteiger partial charge is 0.270 e. The highest BCUT2D eigenvalue weighted by Crippen LogP contribution is 2.28. The van der Waals surface area contributed by atoms with E-state index in [1.807, 2.05) is 6.07 Å². The molecule has 5 nitrogen and oxygen atoms in total. The quantitative estimate of drug-likeness (QED) is 0.887. The molecule has 2 saturated heterocycles. The Balaban J connectivity index is 0.000000807. The van der Waals surface area contributed by atoms with E-state index >= 15 is 0 Å². The molecular formula is C14H17Cl2N3O2. The van der Waals surface area contributed by atoms with Crippen LogP contribution in [0.2, 0.25) is 0 Å². The van der Waals surface area contributed by atoms with Crippen molar-refractivity contribution in [3.63, 3.8) is 0 Å². The molecule has 0 aromatic carbocycles. The van der Waals surface area contributed by atoms with Crippen LogP contribution in [-0.2, 0) is 0 Å². The third-order valence-electron chi connectivity index (χ3n) is 4.19. The van der Waals surface area contributed by atoms with Crippen molar-refractivity contribution in [2.45, 2.75) is 37.4 Å². The van der Waals surface area contributed by atoms with Crippen LogP contribution in [0.15, 0.2) is 29.0 Å². The average molecular weight is 330 g/mol. The second-order valence-electron chi connectivity index (χ2n) is 5.39. The van der Waals surface area contributed by atoms with Crippen LogP contribution in [0, 0.1) is 0 Å². The lowest BCUT2D eigenvalue weighted by Crippen LogP contribution is -2.43. The molecule has 7 heteroatoms. The van der Waals surface area contributed by atoms with Crippen LogP contribution in [0.4, 0.5) is 0 Å². The summed E-state index contributed by atoms with van der Waals surface area (Å²) in [4.78, 5) is 16.4. The minimum atomic E-state index is -0.0950. The Bertz CT molecular complexity index is 646. The third-order valence-corrected chi connectivity index (χ3v) is 4.19. The van der Waals surface area contributed by atoms with E-state index in [4.69, 9.17) is 4.42 Å². The van der Waals surface area contributed by atoms with Crippen molar-refractivity contribution in [1.82, 2.24) is 15.6 Å². The van der Waals surface area contributed by atoms with E-state index in [0.717, 1.165) is 18.2 Å². The van der Waals surface area contributed by atoms with Crippen molar-refractivity contribution >= 4 is 41.7 Å². The molecule has 2 aliphatic rings. The molecule has 0 aliphatic carbocycles. The molecule has 2 bridgehead atoms. The highest BCUT2D eigenvalue weighted by molar-refractivity contribution is 5.95. The molecule has 0 saturated carbocycles. The van der Waals surface area contributed by atoms with E-state index in [2.05, 4.69) is 15.6 Å². The number of hydrogen-bond donors (Lipinski definition) is 2. The fraction of sp³-hybridized carbons (Fsp3) is 0.429. The number of fused-ring (bicyclic) bond motifs is 3. The van der Waals surface area contributed by atoms with E-state index in [1.54, 1.807) is 18.5 Å². The zero-order valence-corrected chi connectivity index (χ0v) is 12.9. The monoisotopic (exact) mass is 329 g/mol. The molecule has 0 spiro atoms. The summed E-state index contributed by atoms with van der Waals surface area (Å²) in [5.41, 5.74) is 1.16.